The summed E-state index contributed by atoms with van der Waals surface area (Å²) in [4.78, 5) is 26.2. The first-order valence-corrected chi connectivity index (χ1v) is 7.05. The van der Waals surface area contributed by atoms with E-state index >= 15 is 0 Å². The molecule has 0 bridgehead atoms. The fraction of sp³-hybridized carbons (Fsp3) is 0.500. The molecule has 22 heavy (non-hydrogen) atoms. The number of anilines is 1. The van der Waals surface area contributed by atoms with Gasteiger partial charge in [0, 0.05) is 51.1 Å². The van der Waals surface area contributed by atoms with Crippen LogP contribution in [0, 0.1) is 10.1 Å². The summed E-state index contributed by atoms with van der Waals surface area (Å²) in [7, 11) is 1.51. The second-order valence-corrected chi connectivity index (χ2v) is 5.15. The fourth-order valence-corrected chi connectivity index (χ4v) is 2.47. The maximum Gasteiger partial charge on any atom is 0.271 e. The predicted octanol–water partition coefficient (Wildman–Crippen LogP) is 0.217. The third-order valence-corrected chi connectivity index (χ3v) is 3.66. The van der Waals surface area contributed by atoms with Crippen LogP contribution < -0.4 is 10.6 Å². The number of ether oxygens (including phenoxy) is 1. The monoisotopic (exact) mass is 308 g/mol. The van der Waals surface area contributed by atoms with E-state index < -0.39 is 11.0 Å². The normalized spacial score (nSPS) is 16.5. The summed E-state index contributed by atoms with van der Waals surface area (Å²) in [5.41, 5.74) is 6.61. The van der Waals surface area contributed by atoms with E-state index in [9.17, 15) is 14.9 Å². The van der Waals surface area contributed by atoms with Crippen LogP contribution in [0.1, 0.15) is 0 Å². The molecule has 2 rings (SSSR count). The van der Waals surface area contributed by atoms with Crippen LogP contribution in [-0.2, 0) is 9.53 Å². The number of carbonyl (C=O) groups is 1. The minimum Gasteiger partial charge on any atom is -0.383 e. The van der Waals surface area contributed by atoms with Crippen LogP contribution in [-0.4, -0.2) is 61.7 Å². The van der Waals surface area contributed by atoms with Crippen molar-refractivity contribution in [2.75, 3.05) is 44.8 Å². The summed E-state index contributed by atoms with van der Waals surface area (Å²) in [5.74, 6) is -0.124. The highest BCUT2D eigenvalue weighted by molar-refractivity contribution is 5.82. The van der Waals surface area contributed by atoms with E-state index in [2.05, 4.69) is 0 Å². The Morgan fingerprint density at radius 3 is 2.68 bits per heavy atom. The van der Waals surface area contributed by atoms with E-state index in [1.807, 2.05) is 11.0 Å². The van der Waals surface area contributed by atoms with Gasteiger partial charge < -0.3 is 20.3 Å². The number of piperazine rings is 1. The molecule has 0 saturated carbocycles. The lowest BCUT2D eigenvalue weighted by atomic mass is 10.2. The number of nitro benzene ring substituents is 1. The Hall–Kier alpha value is -2.19. The fourth-order valence-electron chi connectivity index (χ4n) is 2.47. The number of rotatable bonds is 5. The zero-order valence-corrected chi connectivity index (χ0v) is 12.5. The van der Waals surface area contributed by atoms with E-state index in [0.717, 1.165) is 5.69 Å². The molecule has 8 nitrogen and oxygen atoms in total. The Bertz CT molecular complexity index is 543. The zero-order chi connectivity index (χ0) is 16.1. The second kappa shape index (κ2) is 7.19. The molecule has 0 aliphatic carbocycles. The molecule has 1 unspecified atom stereocenters. The standard InChI is InChI=1S/C14H20N4O4/c1-22-10-13(15)14(19)17-7-5-16(6-8-17)11-3-2-4-12(9-11)18(20)21/h2-4,9,13H,5-8,10,15H2,1H3. The molecule has 1 aliphatic heterocycles. The average Bonchev–Trinajstić information content (AvgIpc) is 2.54. The maximum atomic E-state index is 12.1. The van der Waals surface area contributed by atoms with Gasteiger partial charge in [0.2, 0.25) is 5.91 Å². The van der Waals surface area contributed by atoms with Gasteiger partial charge in [0.1, 0.15) is 6.04 Å². The zero-order valence-electron chi connectivity index (χ0n) is 12.5. The summed E-state index contributed by atoms with van der Waals surface area (Å²) in [6.07, 6.45) is 0. The van der Waals surface area contributed by atoms with Crippen molar-refractivity contribution >= 4 is 17.3 Å². The lowest BCUT2D eigenvalue weighted by Gasteiger charge is -2.37. The van der Waals surface area contributed by atoms with E-state index in [-0.39, 0.29) is 18.2 Å². The quantitative estimate of drug-likeness (QED) is 0.616. The molecule has 1 aliphatic rings. The van der Waals surface area contributed by atoms with Crippen molar-refractivity contribution in [2.24, 2.45) is 5.73 Å². The number of methoxy groups -OCH3 is 1. The number of benzene rings is 1. The smallest absolute Gasteiger partial charge is 0.271 e. The summed E-state index contributed by atoms with van der Waals surface area (Å²) in [6.45, 7) is 2.51. The number of amides is 1. The molecule has 1 saturated heterocycles. The van der Waals surface area contributed by atoms with Gasteiger partial charge in [-0.2, -0.15) is 0 Å². The van der Waals surface area contributed by atoms with Crippen LogP contribution in [0.15, 0.2) is 24.3 Å². The van der Waals surface area contributed by atoms with E-state index in [0.29, 0.717) is 26.2 Å². The van der Waals surface area contributed by atoms with Crippen molar-refractivity contribution in [3.05, 3.63) is 34.4 Å². The molecular weight excluding hydrogens is 288 g/mol. The van der Waals surface area contributed by atoms with Crippen LogP contribution in [0.25, 0.3) is 0 Å². The highest BCUT2D eigenvalue weighted by atomic mass is 16.6. The number of nitrogens with two attached hydrogens (primary N) is 1. The van der Waals surface area contributed by atoms with Gasteiger partial charge >= 0.3 is 0 Å². The Morgan fingerprint density at radius 1 is 1.41 bits per heavy atom. The van der Waals surface area contributed by atoms with Gasteiger partial charge in [-0.3, -0.25) is 14.9 Å². The SMILES string of the molecule is COCC(N)C(=O)N1CCN(c2cccc([N+](=O)[O-])c2)CC1. The molecule has 1 aromatic rings. The first-order valence-electron chi connectivity index (χ1n) is 7.05. The summed E-state index contributed by atoms with van der Waals surface area (Å²) >= 11 is 0. The number of hydrogen-bond donors (Lipinski definition) is 1. The maximum absolute atomic E-state index is 12.1. The Kier molecular flexibility index (Phi) is 5.29. The lowest BCUT2D eigenvalue weighted by Crippen LogP contribution is -2.54. The van der Waals surface area contributed by atoms with Crippen LogP contribution in [0.2, 0.25) is 0 Å². The Balaban J connectivity index is 1.96. The summed E-state index contributed by atoms with van der Waals surface area (Å²) in [6, 6.07) is 5.87. The Morgan fingerprint density at radius 2 is 2.09 bits per heavy atom. The van der Waals surface area contributed by atoms with Crippen molar-refractivity contribution < 1.29 is 14.5 Å². The number of nitro groups is 1. The van der Waals surface area contributed by atoms with Crippen molar-refractivity contribution in [2.45, 2.75) is 6.04 Å². The molecule has 120 valence electrons. The average molecular weight is 308 g/mol. The van der Waals surface area contributed by atoms with Gasteiger partial charge in [0.05, 0.1) is 11.5 Å². The Labute approximate surface area is 128 Å². The minimum atomic E-state index is -0.644. The van der Waals surface area contributed by atoms with Crippen molar-refractivity contribution in [3.63, 3.8) is 0 Å². The summed E-state index contributed by atoms with van der Waals surface area (Å²) in [5, 5.41) is 10.8. The minimum absolute atomic E-state index is 0.0677. The van der Waals surface area contributed by atoms with Crippen molar-refractivity contribution in [3.8, 4) is 0 Å². The van der Waals surface area contributed by atoms with E-state index in [4.69, 9.17) is 10.5 Å². The number of hydrogen-bond acceptors (Lipinski definition) is 6. The van der Waals surface area contributed by atoms with Crippen molar-refractivity contribution in [1.29, 1.82) is 0 Å². The van der Waals surface area contributed by atoms with Crippen LogP contribution in [0.3, 0.4) is 0 Å². The van der Waals surface area contributed by atoms with Crippen molar-refractivity contribution in [1.82, 2.24) is 4.90 Å². The van der Waals surface area contributed by atoms with Crippen LogP contribution >= 0.6 is 0 Å². The molecule has 1 heterocycles. The molecule has 0 spiro atoms. The van der Waals surface area contributed by atoms with Gasteiger partial charge in [0.15, 0.2) is 0 Å². The predicted molar refractivity (Wildman–Crippen MR) is 81.7 cm³/mol. The van der Waals surface area contributed by atoms with E-state index in [1.165, 1.54) is 13.2 Å². The molecule has 1 atom stereocenters. The first kappa shape index (κ1) is 16.2. The first-order chi connectivity index (χ1) is 10.5. The lowest BCUT2D eigenvalue weighted by molar-refractivity contribution is -0.384. The molecule has 8 heteroatoms. The largest absolute Gasteiger partial charge is 0.383 e. The molecule has 1 aromatic carbocycles. The molecule has 1 amide bonds. The third-order valence-electron chi connectivity index (χ3n) is 3.66. The van der Waals surface area contributed by atoms with Crippen LogP contribution in [0.5, 0.6) is 0 Å². The molecular formula is C14H20N4O4. The van der Waals surface area contributed by atoms with Gasteiger partial charge in [-0.15, -0.1) is 0 Å². The van der Waals surface area contributed by atoms with Gasteiger partial charge in [0.25, 0.3) is 5.69 Å². The molecule has 2 N–H and O–H groups in total. The third kappa shape index (κ3) is 3.71. The van der Waals surface area contributed by atoms with Gasteiger partial charge in [-0.25, -0.2) is 0 Å². The number of non-ortho nitro benzene ring substituents is 1. The number of nitrogens with zero attached hydrogens (tertiary/aromatic N) is 3. The topological polar surface area (TPSA) is 102 Å². The van der Waals surface area contributed by atoms with Crippen LogP contribution in [0.4, 0.5) is 11.4 Å². The highest BCUT2D eigenvalue weighted by Crippen LogP contribution is 2.22. The highest BCUT2D eigenvalue weighted by Gasteiger charge is 2.25. The molecule has 0 aromatic heterocycles. The van der Waals surface area contributed by atoms with E-state index in [1.54, 1.807) is 17.0 Å². The van der Waals surface area contributed by atoms with Gasteiger partial charge in [-0.05, 0) is 6.07 Å². The number of carbonyl (C=O) groups excluding carboxylic acids is 1. The molecule has 1 fully saturated rings. The summed E-state index contributed by atoms with van der Waals surface area (Å²) < 4.78 is 4.89. The molecule has 0 radical (unpaired) electrons. The second-order valence-electron chi connectivity index (χ2n) is 5.15. The van der Waals surface area contributed by atoms with Gasteiger partial charge in [-0.1, -0.05) is 6.07 Å².